The molecule has 22 heavy (non-hydrogen) atoms. The van der Waals surface area contributed by atoms with E-state index < -0.39 is 15.9 Å². The first kappa shape index (κ1) is 14.6. The minimum atomic E-state index is -3.89. The molecule has 0 aliphatic carbocycles. The van der Waals surface area contributed by atoms with Crippen molar-refractivity contribution >= 4 is 44.7 Å². The number of para-hydroxylation sites is 1. The Labute approximate surface area is 131 Å². The molecule has 0 fully saturated rings. The minimum Gasteiger partial charge on any atom is -0.334 e. The summed E-state index contributed by atoms with van der Waals surface area (Å²) in [5.74, 6) is -0.936. The van der Waals surface area contributed by atoms with Gasteiger partial charge in [0, 0.05) is 10.7 Å². The Kier molecular flexibility index (Phi) is 3.59. The molecule has 0 saturated carbocycles. The summed E-state index contributed by atoms with van der Waals surface area (Å²) in [6.07, 6.45) is 0. The van der Waals surface area contributed by atoms with Gasteiger partial charge in [0.15, 0.2) is 0 Å². The number of rotatable bonds is 2. The molecule has 0 radical (unpaired) electrons. The number of anilines is 2. The first-order valence-electron chi connectivity index (χ1n) is 6.24. The van der Waals surface area contributed by atoms with Crippen molar-refractivity contribution < 1.29 is 13.2 Å². The summed E-state index contributed by atoms with van der Waals surface area (Å²) >= 11 is 5.76. The van der Waals surface area contributed by atoms with Crippen LogP contribution in [0.25, 0.3) is 0 Å². The zero-order chi connectivity index (χ0) is 15.7. The molecule has 1 heterocycles. The number of halogens is 1. The van der Waals surface area contributed by atoms with Crippen molar-refractivity contribution in [2.24, 2.45) is 4.40 Å². The van der Waals surface area contributed by atoms with Crippen LogP contribution in [0.3, 0.4) is 0 Å². The Morgan fingerprint density at radius 1 is 1.09 bits per heavy atom. The molecule has 2 N–H and O–H groups in total. The van der Waals surface area contributed by atoms with Gasteiger partial charge in [0.25, 0.3) is 15.9 Å². The lowest BCUT2D eigenvalue weighted by atomic mass is 10.3. The van der Waals surface area contributed by atoms with Crippen LogP contribution in [0.2, 0.25) is 5.02 Å². The molecule has 0 atom stereocenters. The Hall–Kier alpha value is -2.38. The number of carbonyl (C=O) groups excluding carboxylic acids is 1. The second-order valence-corrected chi connectivity index (χ2v) is 6.51. The summed E-state index contributed by atoms with van der Waals surface area (Å²) in [6, 6.07) is 12.7. The van der Waals surface area contributed by atoms with E-state index in [1.807, 2.05) is 0 Å². The van der Waals surface area contributed by atoms with Gasteiger partial charge in [-0.05, 0) is 36.4 Å². The van der Waals surface area contributed by atoms with Crippen molar-refractivity contribution in [2.45, 2.75) is 4.90 Å². The van der Waals surface area contributed by atoms with E-state index in [-0.39, 0.29) is 10.7 Å². The number of fused-ring (bicyclic) bond motifs is 1. The van der Waals surface area contributed by atoms with Crippen LogP contribution in [0.1, 0.15) is 0 Å². The maximum Gasteiger partial charge on any atom is 0.292 e. The Morgan fingerprint density at radius 3 is 2.50 bits per heavy atom. The number of amidine groups is 1. The first-order chi connectivity index (χ1) is 10.5. The van der Waals surface area contributed by atoms with Crippen molar-refractivity contribution in [1.82, 2.24) is 0 Å². The summed E-state index contributed by atoms with van der Waals surface area (Å²) in [7, 11) is -3.89. The molecule has 1 aliphatic rings. The molecule has 8 heteroatoms. The molecule has 6 nitrogen and oxygen atoms in total. The van der Waals surface area contributed by atoms with Crippen LogP contribution >= 0.6 is 11.6 Å². The van der Waals surface area contributed by atoms with E-state index in [1.165, 1.54) is 6.07 Å². The monoisotopic (exact) mass is 335 g/mol. The van der Waals surface area contributed by atoms with E-state index in [1.54, 1.807) is 42.5 Å². The maximum absolute atomic E-state index is 12.1. The van der Waals surface area contributed by atoms with Crippen molar-refractivity contribution in [2.75, 3.05) is 10.6 Å². The van der Waals surface area contributed by atoms with Crippen LogP contribution in [0.5, 0.6) is 0 Å². The molecule has 0 saturated heterocycles. The van der Waals surface area contributed by atoms with Gasteiger partial charge in [-0.3, -0.25) is 4.79 Å². The van der Waals surface area contributed by atoms with Crippen LogP contribution in [0, 0.1) is 0 Å². The van der Waals surface area contributed by atoms with E-state index >= 15 is 0 Å². The van der Waals surface area contributed by atoms with Crippen molar-refractivity contribution in [3.63, 3.8) is 0 Å². The van der Waals surface area contributed by atoms with E-state index in [9.17, 15) is 13.2 Å². The lowest BCUT2D eigenvalue weighted by Gasteiger charge is -2.17. The predicted molar refractivity (Wildman–Crippen MR) is 84.8 cm³/mol. The van der Waals surface area contributed by atoms with Gasteiger partial charge in [-0.2, -0.15) is 8.42 Å². The number of sulfonamides is 1. The molecule has 0 unspecified atom stereocenters. The normalized spacial score (nSPS) is 15.2. The Bertz CT molecular complexity index is 876. The Balaban J connectivity index is 1.88. The number of nitrogens with zero attached hydrogens (tertiary/aromatic N) is 1. The molecule has 0 bridgehead atoms. The SMILES string of the molecule is O=C(Nc1ccc(Cl)cc1)C1=NS(=O)(=O)c2ccccc2N1. The average Bonchev–Trinajstić information content (AvgIpc) is 2.49. The molecule has 0 spiro atoms. The second-order valence-electron chi connectivity index (χ2n) is 4.50. The maximum atomic E-state index is 12.1. The number of benzene rings is 2. The smallest absolute Gasteiger partial charge is 0.292 e. The fourth-order valence-corrected chi connectivity index (χ4v) is 3.18. The van der Waals surface area contributed by atoms with Gasteiger partial charge >= 0.3 is 0 Å². The van der Waals surface area contributed by atoms with Gasteiger partial charge in [0.2, 0.25) is 5.84 Å². The van der Waals surface area contributed by atoms with Gasteiger partial charge in [0.1, 0.15) is 4.90 Å². The van der Waals surface area contributed by atoms with Crippen LogP contribution in [0.4, 0.5) is 11.4 Å². The van der Waals surface area contributed by atoms with Gasteiger partial charge in [-0.1, -0.05) is 23.7 Å². The molecule has 2 aromatic rings. The third-order valence-corrected chi connectivity index (χ3v) is 4.53. The summed E-state index contributed by atoms with van der Waals surface area (Å²) in [5, 5.41) is 5.80. The highest BCUT2D eigenvalue weighted by molar-refractivity contribution is 7.90. The minimum absolute atomic E-state index is 0.0399. The van der Waals surface area contributed by atoms with Crippen LogP contribution in [-0.2, 0) is 14.8 Å². The van der Waals surface area contributed by atoms with Crippen LogP contribution in [-0.4, -0.2) is 20.2 Å². The van der Waals surface area contributed by atoms with Crippen molar-refractivity contribution in [1.29, 1.82) is 0 Å². The van der Waals surface area contributed by atoms with Gasteiger partial charge in [-0.25, -0.2) is 0 Å². The predicted octanol–water partition coefficient (Wildman–Crippen LogP) is 2.49. The van der Waals surface area contributed by atoms with Crippen LogP contribution < -0.4 is 10.6 Å². The molecule has 0 aromatic heterocycles. The Morgan fingerprint density at radius 2 is 1.77 bits per heavy atom. The summed E-state index contributed by atoms with van der Waals surface area (Å²) in [6.45, 7) is 0. The highest BCUT2D eigenvalue weighted by atomic mass is 35.5. The third kappa shape index (κ3) is 2.81. The molecule has 3 rings (SSSR count). The lowest BCUT2D eigenvalue weighted by molar-refractivity contribution is -0.110. The zero-order valence-electron chi connectivity index (χ0n) is 11.1. The number of hydrogen-bond donors (Lipinski definition) is 2. The van der Waals surface area contributed by atoms with Gasteiger partial charge in [-0.15, -0.1) is 4.40 Å². The quantitative estimate of drug-likeness (QED) is 0.882. The molecule has 1 amide bonds. The number of amides is 1. The first-order valence-corrected chi connectivity index (χ1v) is 8.05. The average molecular weight is 336 g/mol. The standard InChI is InChI=1S/C14H10ClN3O3S/c15-9-5-7-10(8-6-9)16-14(19)13-17-11-3-1-2-4-12(11)22(20,21)18-13/h1-8H,(H,16,19)(H,17,18). The second kappa shape index (κ2) is 5.43. The number of hydrogen-bond acceptors (Lipinski definition) is 4. The van der Waals surface area contributed by atoms with E-state index in [4.69, 9.17) is 11.6 Å². The third-order valence-electron chi connectivity index (χ3n) is 2.95. The molecule has 112 valence electrons. The van der Waals surface area contributed by atoms with E-state index in [0.717, 1.165) is 0 Å². The highest BCUT2D eigenvalue weighted by Crippen LogP contribution is 2.26. The lowest BCUT2D eigenvalue weighted by Crippen LogP contribution is -2.33. The van der Waals surface area contributed by atoms with Crippen molar-refractivity contribution in [3.05, 3.63) is 53.6 Å². The van der Waals surface area contributed by atoms with Gasteiger partial charge < -0.3 is 10.6 Å². The fraction of sp³-hybridized carbons (Fsp3) is 0. The van der Waals surface area contributed by atoms with Crippen molar-refractivity contribution in [3.8, 4) is 0 Å². The molecule has 2 aromatic carbocycles. The summed E-state index contributed by atoms with van der Waals surface area (Å²) < 4.78 is 27.6. The molecule has 1 aliphatic heterocycles. The summed E-state index contributed by atoms with van der Waals surface area (Å²) in [4.78, 5) is 12.2. The fourth-order valence-electron chi connectivity index (χ4n) is 1.94. The largest absolute Gasteiger partial charge is 0.334 e. The molecular weight excluding hydrogens is 326 g/mol. The topological polar surface area (TPSA) is 87.6 Å². The highest BCUT2D eigenvalue weighted by Gasteiger charge is 2.27. The number of nitrogens with one attached hydrogen (secondary N) is 2. The molecular formula is C14H10ClN3O3S. The number of carbonyl (C=O) groups is 1. The van der Waals surface area contributed by atoms with Crippen LogP contribution in [0.15, 0.2) is 57.8 Å². The van der Waals surface area contributed by atoms with E-state index in [2.05, 4.69) is 15.0 Å². The zero-order valence-corrected chi connectivity index (χ0v) is 12.6. The van der Waals surface area contributed by atoms with Gasteiger partial charge in [0.05, 0.1) is 5.69 Å². The van der Waals surface area contributed by atoms with E-state index in [0.29, 0.717) is 16.4 Å². The summed E-state index contributed by atoms with van der Waals surface area (Å²) in [5.41, 5.74) is 0.800.